The Morgan fingerprint density at radius 3 is 2.56 bits per heavy atom. The van der Waals surface area contributed by atoms with Crippen LogP contribution >= 0.6 is 0 Å². The molecular weight excluding hydrogens is 346 g/mol. The van der Waals surface area contributed by atoms with Crippen LogP contribution in [0, 0.1) is 5.92 Å². The summed E-state index contributed by atoms with van der Waals surface area (Å²) < 4.78 is 5.49. The van der Waals surface area contributed by atoms with E-state index < -0.39 is 0 Å². The van der Waals surface area contributed by atoms with Gasteiger partial charge in [0.1, 0.15) is 6.10 Å². The molecule has 3 aliphatic rings. The van der Waals surface area contributed by atoms with Gasteiger partial charge < -0.3 is 19.9 Å². The van der Waals surface area contributed by atoms with E-state index in [9.17, 15) is 9.59 Å². The molecule has 0 aromatic carbocycles. The molecule has 1 atom stereocenters. The standard InChI is InChI=1S/C19H27N5O3/c25-18(20-8-7-14-3-4-14)15-5-6-17(22-21-15)23-9-11-24(12-10-23)19(26)16-2-1-13-27-16/h5-6,14,16H,1-4,7-13H2,(H,20,25). The van der Waals surface area contributed by atoms with Gasteiger partial charge in [0.2, 0.25) is 0 Å². The van der Waals surface area contributed by atoms with Crippen molar-refractivity contribution in [3.8, 4) is 0 Å². The first-order valence-corrected chi connectivity index (χ1v) is 9.98. The lowest BCUT2D eigenvalue weighted by atomic mass is 10.2. The van der Waals surface area contributed by atoms with Gasteiger partial charge >= 0.3 is 0 Å². The number of ether oxygens (including phenoxy) is 1. The van der Waals surface area contributed by atoms with Crippen LogP contribution in [0.3, 0.4) is 0 Å². The van der Waals surface area contributed by atoms with Crippen molar-refractivity contribution in [2.45, 2.75) is 38.2 Å². The average Bonchev–Trinajstić information content (AvgIpc) is 3.37. The summed E-state index contributed by atoms with van der Waals surface area (Å²) in [6.45, 7) is 4.12. The molecule has 27 heavy (non-hydrogen) atoms. The molecule has 1 saturated carbocycles. The molecule has 2 aliphatic heterocycles. The molecule has 1 unspecified atom stereocenters. The summed E-state index contributed by atoms with van der Waals surface area (Å²) in [4.78, 5) is 28.5. The predicted molar refractivity (Wildman–Crippen MR) is 99.5 cm³/mol. The zero-order valence-electron chi connectivity index (χ0n) is 15.6. The second kappa shape index (κ2) is 8.21. The SMILES string of the molecule is O=C(NCCC1CC1)c1ccc(N2CCN(C(=O)C3CCCO3)CC2)nn1. The van der Waals surface area contributed by atoms with E-state index in [1.165, 1.54) is 12.8 Å². The number of rotatable bonds is 6. The van der Waals surface area contributed by atoms with Crippen LogP contribution in [0.5, 0.6) is 0 Å². The average molecular weight is 373 g/mol. The summed E-state index contributed by atoms with van der Waals surface area (Å²) in [7, 11) is 0. The third-order valence-corrected chi connectivity index (χ3v) is 5.54. The van der Waals surface area contributed by atoms with Crippen LogP contribution in [0.1, 0.15) is 42.6 Å². The van der Waals surface area contributed by atoms with E-state index in [2.05, 4.69) is 20.4 Å². The van der Waals surface area contributed by atoms with E-state index in [1.54, 1.807) is 6.07 Å². The summed E-state index contributed by atoms with van der Waals surface area (Å²) in [6.07, 6.45) is 5.16. The van der Waals surface area contributed by atoms with Crippen molar-refractivity contribution in [2.75, 3.05) is 44.2 Å². The fourth-order valence-corrected chi connectivity index (χ4v) is 3.63. The fraction of sp³-hybridized carbons (Fsp3) is 0.684. The molecule has 3 fully saturated rings. The lowest BCUT2D eigenvalue weighted by Crippen LogP contribution is -2.51. The van der Waals surface area contributed by atoms with Gasteiger partial charge in [-0.2, -0.15) is 0 Å². The number of amides is 2. The lowest BCUT2D eigenvalue weighted by molar-refractivity contribution is -0.141. The van der Waals surface area contributed by atoms with Gasteiger partial charge in [0.05, 0.1) is 0 Å². The Kier molecular flexibility index (Phi) is 5.52. The Labute approximate surface area is 159 Å². The number of carbonyl (C=O) groups is 2. The van der Waals surface area contributed by atoms with Crippen molar-refractivity contribution in [1.82, 2.24) is 20.4 Å². The van der Waals surface area contributed by atoms with Gasteiger partial charge in [0.15, 0.2) is 11.5 Å². The summed E-state index contributed by atoms with van der Waals surface area (Å²) in [5.41, 5.74) is 0.349. The highest BCUT2D eigenvalue weighted by atomic mass is 16.5. The zero-order chi connectivity index (χ0) is 18.6. The largest absolute Gasteiger partial charge is 0.368 e. The third-order valence-electron chi connectivity index (χ3n) is 5.54. The van der Waals surface area contributed by atoms with Gasteiger partial charge in [0.25, 0.3) is 11.8 Å². The number of anilines is 1. The summed E-state index contributed by atoms with van der Waals surface area (Å²) in [6, 6.07) is 3.55. The molecule has 2 amide bonds. The highest BCUT2D eigenvalue weighted by Gasteiger charge is 2.30. The smallest absolute Gasteiger partial charge is 0.271 e. The van der Waals surface area contributed by atoms with Crippen LogP contribution in [0.15, 0.2) is 12.1 Å². The molecular formula is C19H27N5O3. The number of piperazine rings is 1. The van der Waals surface area contributed by atoms with Gasteiger partial charge in [-0.3, -0.25) is 9.59 Å². The van der Waals surface area contributed by atoms with E-state index in [0.29, 0.717) is 45.0 Å². The first-order valence-electron chi connectivity index (χ1n) is 9.98. The second-order valence-electron chi connectivity index (χ2n) is 7.58. The van der Waals surface area contributed by atoms with E-state index in [4.69, 9.17) is 4.74 Å². The van der Waals surface area contributed by atoms with Crippen LogP contribution in [-0.4, -0.2) is 72.3 Å². The summed E-state index contributed by atoms with van der Waals surface area (Å²) in [5.74, 6) is 1.48. The fourth-order valence-electron chi connectivity index (χ4n) is 3.63. The maximum atomic E-state index is 12.4. The van der Waals surface area contributed by atoms with Crippen molar-refractivity contribution in [3.05, 3.63) is 17.8 Å². The van der Waals surface area contributed by atoms with Gasteiger partial charge in [-0.25, -0.2) is 0 Å². The molecule has 1 aromatic rings. The minimum Gasteiger partial charge on any atom is -0.368 e. The van der Waals surface area contributed by atoms with Crippen LogP contribution < -0.4 is 10.2 Å². The Balaban J connectivity index is 1.25. The monoisotopic (exact) mass is 373 g/mol. The van der Waals surface area contributed by atoms with Crippen molar-refractivity contribution >= 4 is 17.6 Å². The highest BCUT2D eigenvalue weighted by Crippen LogP contribution is 2.31. The normalized spacial score (nSPS) is 22.7. The van der Waals surface area contributed by atoms with Crippen LogP contribution in [0.25, 0.3) is 0 Å². The van der Waals surface area contributed by atoms with Crippen molar-refractivity contribution in [1.29, 1.82) is 0 Å². The molecule has 4 rings (SSSR count). The molecule has 146 valence electrons. The molecule has 1 N–H and O–H groups in total. The van der Waals surface area contributed by atoms with Gasteiger partial charge in [-0.15, -0.1) is 10.2 Å². The molecule has 3 heterocycles. The van der Waals surface area contributed by atoms with Gasteiger partial charge in [-0.1, -0.05) is 12.8 Å². The topological polar surface area (TPSA) is 87.7 Å². The maximum Gasteiger partial charge on any atom is 0.271 e. The van der Waals surface area contributed by atoms with E-state index >= 15 is 0 Å². The number of carbonyl (C=O) groups excluding carboxylic acids is 2. The number of hydrogen-bond acceptors (Lipinski definition) is 6. The molecule has 1 aromatic heterocycles. The molecule has 0 radical (unpaired) electrons. The minimum atomic E-state index is -0.256. The van der Waals surface area contributed by atoms with Gasteiger partial charge in [-0.05, 0) is 37.3 Å². The highest BCUT2D eigenvalue weighted by molar-refractivity contribution is 5.92. The van der Waals surface area contributed by atoms with Crippen LogP contribution in [0.4, 0.5) is 5.82 Å². The Morgan fingerprint density at radius 1 is 1.11 bits per heavy atom. The minimum absolute atomic E-state index is 0.108. The molecule has 2 saturated heterocycles. The van der Waals surface area contributed by atoms with Crippen LogP contribution in [-0.2, 0) is 9.53 Å². The van der Waals surface area contributed by atoms with E-state index in [-0.39, 0.29) is 17.9 Å². The molecule has 8 heteroatoms. The molecule has 0 spiro atoms. The maximum absolute atomic E-state index is 12.4. The van der Waals surface area contributed by atoms with E-state index in [1.807, 2.05) is 11.0 Å². The van der Waals surface area contributed by atoms with E-state index in [0.717, 1.165) is 31.0 Å². The first kappa shape index (κ1) is 18.2. The number of hydrogen-bond donors (Lipinski definition) is 1. The van der Waals surface area contributed by atoms with Gasteiger partial charge in [0, 0.05) is 39.3 Å². The first-order chi connectivity index (χ1) is 13.2. The Morgan fingerprint density at radius 2 is 1.93 bits per heavy atom. The number of nitrogens with zero attached hydrogens (tertiary/aromatic N) is 4. The van der Waals surface area contributed by atoms with Crippen molar-refractivity contribution in [3.63, 3.8) is 0 Å². The molecule has 1 aliphatic carbocycles. The number of nitrogens with one attached hydrogen (secondary N) is 1. The zero-order valence-corrected chi connectivity index (χ0v) is 15.6. The summed E-state index contributed by atoms with van der Waals surface area (Å²) >= 11 is 0. The number of aromatic nitrogens is 2. The molecule has 8 nitrogen and oxygen atoms in total. The Hall–Kier alpha value is -2.22. The second-order valence-corrected chi connectivity index (χ2v) is 7.58. The third kappa shape index (κ3) is 4.55. The van der Waals surface area contributed by atoms with Crippen LogP contribution in [0.2, 0.25) is 0 Å². The quantitative estimate of drug-likeness (QED) is 0.795. The van der Waals surface area contributed by atoms with Crippen molar-refractivity contribution in [2.24, 2.45) is 5.92 Å². The Bertz CT molecular complexity index is 662. The predicted octanol–water partition coefficient (Wildman–Crippen LogP) is 0.834. The summed E-state index contributed by atoms with van der Waals surface area (Å²) in [5, 5.41) is 11.2. The molecule has 0 bridgehead atoms. The van der Waals surface area contributed by atoms with Crippen molar-refractivity contribution < 1.29 is 14.3 Å². The lowest BCUT2D eigenvalue weighted by Gasteiger charge is -2.36.